The van der Waals surface area contributed by atoms with Gasteiger partial charge in [-0.3, -0.25) is 0 Å². The molecule has 1 aliphatic carbocycles. The van der Waals surface area contributed by atoms with Crippen molar-refractivity contribution in [3.05, 3.63) is 53.4 Å². The van der Waals surface area contributed by atoms with E-state index in [0.29, 0.717) is 0 Å². The number of aromatic amines is 1. The van der Waals surface area contributed by atoms with Gasteiger partial charge in [-0.25, -0.2) is 0 Å². The van der Waals surface area contributed by atoms with E-state index in [4.69, 9.17) is 0 Å². The fourth-order valence-electron chi connectivity index (χ4n) is 3.17. The molecule has 2 aromatic heterocycles. The monoisotopic (exact) mass is 355 g/mol. The van der Waals surface area contributed by atoms with E-state index in [1.807, 2.05) is 18.3 Å². The third kappa shape index (κ3) is 1.43. The van der Waals surface area contributed by atoms with Gasteiger partial charge in [-0.1, -0.05) is 0 Å². The summed E-state index contributed by atoms with van der Waals surface area (Å²) in [6.07, 6.45) is 5.94. The van der Waals surface area contributed by atoms with Crippen molar-refractivity contribution in [1.29, 1.82) is 0 Å². The summed E-state index contributed by atoms with van der Waals surface area (Å²) in [6, 6.07) is 10.7. The molecule has 99 valence electrons. The summed E-state index contributed by atoms with van der Waals surface area (Å²) in [5.41, 5.74) is 9.02. The number of hydrogen-bond donors (Lipinski definition) is 1. The van der Waals surface area contributed by atoms with Gasteiger partial charge in [-0.05, 0) is 0 Å². The van der Waals surface area contributed by atoms with Crippen LogP contribution in [-0.4, -0.2) is 9.97 Å². The minimum atomic E-state index is 1.02. The van der Waals surface area contributed by atoms with Crippen molar-refractivity contribution in [2.45, 2.75) is 0 Å². The Hall–Kier alpha value is -2.21. The average Bonchev–Trinajstić information content (AvgIpc) is 3.10. The van der Waals surface area contributed by atoms with E-state index in [-0.39, 0.29) is 0 Å². The van der Waals surface area contributed by atoms with Crippen molar-refractivity contribution < 1.29 is 18.3 Å². The number of aromatic nitrogens is 2. The van der Waals surface area contributed by atoms with Gasteiger partial charge >= 0.3 is 131 Å². The molecular formula is C18H9N2Ru. The zero-order valence-corrected chi connectivity index (χ0v) is 12.7. The van der Waals surface area contributed by atoms with E-state index in [1.165, 1.54) is 37.0 Å². The van der Waals surface area contributed by atoms with Crippen LogP contribution in [0.25, 0.3) is 44.9 Å². The number of benzene rings is 2. The summed E-state index contributed by atoms with van der Waals surface area (Å²) in [5.74, 6) is 0. The Bertz CT molecular complexity index is 1130. The van der Waals surface area contributed by atoms with Crippen molar-refractivity contribution in [1.82, 2.24) is 9.97 Å². The molecule has 0 unspecified atom stereocenters. The van der Waals surface area contributed by atoms with E-state index in [9.17, 15) is 0 Å². The number of nitrogens with zero attached hydrogens (tertiary/aromatic N) is 1. The molecule has 21 heavy (non-hydrogen) atoms. The van der Waals surface area contributed by atoms with Gasteiger partial charge in [-0.2, -0.15) is 0 Å². The molecule has 0 saturated carbocycles. The first kappa shape index (κ1) is 11.5. The first-order chi connectivity index (χ1) is 10.3. The molecule has 3 heteroatoms. The Kier molecular flexibility index (Phi) is 2.14. The van der Waals surface area contributed by atoms with Crippen LogP contribution in [0.3, 0.4) is 0 Å². The van der Waals surface area contributed by atoms with Crippen LogP contribution < -0.4 is 4.16 Å². The molecule has 2 aromatic carbocycles. The van der Waals surface area contributed by atoms with Crippen molar-refractivity contribution in [3.8, 4) is 0 Å². The van der Waals surface area contributed by atoms with Gasteiger partial charge in [0.05, 0.1) is 0 Å². The van der Waals surface area contributed by atoms with Crippen molar-refractivity contribution in [2.75, 3.05) is 0 Å². The Labute approximate surface area is 130 Å². The molecular weight excluding hydrogens is 345 g/mol. The first-order valence-electron chi connectivity index (χ1n) is 6.76. The van der Waals surface area contributed by atoms with E-state index >= 15 is 0 Å². The van der Waals surface area contributed by atoms with Crippen molar-refractivity contribution in [3.63, 3.8) is 0 Å². The summed E-state index contributed by atoms with van der Waals surface area (Å²) < 4.78 is 1.18. The zero-order chi connectivity index (χ0) is 14.0. The number of fused-ring (bicyclic) bond motifs is 7. The molecule has 4 aromatic rings. The second-order valence-corrected chi connectivity index (χ2v) is 6.17. The van der Waals surface area contributed by atoms with E-state index in [2.05, 4.69) is 64.3 Å². The maximum absolute atomic E-state index is 4.48. The van der Waals surface area contributed by atoms with Gasteiger partial charge in [0.25, 0.3) is 0 Å². The molecule has 0 saturated heterocycles. The topological polar surface area (TPSA) is 28.7 Å². The molecule has 0 spiro atoms. The Morgan fingerprint density at radius 3 is 2.76 bits per heavy atom. The SMILES string of the molecule is [Ru][c]1ccnc2ccc3c4ccc5c(c4[nH]c3c12)C=C=C5. The average molecular weight is 354 g/mol. The predicted octanol–water partition coefficient (Wildman–Crippen LogP) is 3.68. The second-order valence-electron chi connectivity index (χ2n) is 5.23. The number of H-pyrrole nitrogens is 1. The van der Waals surface area contributed by atoms with Crippen LogP contribution in [0.4, 0.5) is 0 Å². The summed E-state index contributed by atoms with van der Waals surface area (Å²) >= 11 is 2.70. The molecule has 5 rings (SSSR count). The van der Waals surface area contributed by atoms with Crippen LogP contribution in [0.15, 0.2) is 42.3 Å². The molecule has 1 N–H and O–H groups in total. The standard InChI is InChI=1S/C18H9N2.Ru/c1-3-11-6-7-13-14-8-9-16-15(5-2-10-19-16)18(14)20-17(13)12(11)4-1;/h2-4,6-10,20H;. The van der Waals surface area contributed by atoms with E-state index in [0.717, 1.165) is 11.0 Å². The number of hydrogen-bond acceptors (Lipinski definition) is 1. The molecule has 0 fully saturated rings. The van der Waals surface area contributed by atoms with Gasteiger partial charge in [0, 0.05) is 0 Å². The number of nitrogens with one attached hydrogen (secondary N) is 1. The van der Waals surface area contributed by atoms with Gasteiger partial charge in [0.15, 0.2) is 0 Å². The van der Waals surface area contributed by atoms with Gasteiger partial charge in [0.1, 0.15) is 0 Å². The third-order valence-corrected chi connectivity index (χ3v) is 4.86. The fraction of sp³-hybridized carbons (Fsp3) is 0. The van der Waals surface area contributed by atoms with E-state index in [1.54, 1.807) is 0 Å². The minimum absolute atomic E-state index is 1.02. The second kappa shape index (κ2) is 3.92. The summed E-state index contributed by atoms with van der Waals surface area (Å²) in [7, 11) is 0. The third-order valence-electron chi connectivity index (χ3n) is 4.13. The van der Waals surface area contributed by atoms with Gasteiger partial charge in [0.2, 0.25) is 0 Å². The van der Waals surface area contributed by atoms with Gasteiger partial charge < -0.3 is 0 Å². The predicted molar refractivity (Wildman–Crippen MR) is 83.2 cm³/mol. The maximum atomic E-state index is 4.48. The quantitative estimate of drug-likeness (QED) is 0.334. The van der Waals surface area contributed by atoms with Crippen LogP contribution in [0.2, 0.25) is 0 Å². The van der Waals surface area contributed by atoms with Crippen LogP contribution in [0, 0.1) is 0 Å². The number of pyridine rings is 1. The Morgan fingerprint density at radius 1 is 0.952 bits per heavy atom. The summed E-state index contributed by atoms with van der Waals surface area (Å²) in [5, 5.41) is 3.69. The van der Waals surface area contributed by atoms with Crippen molar-refractivity contribution >= 4 is 49.0 Å². The zero-order valence-electron chi connectivity index (χ0n) is 10.9. The van der Waals surface area contributed by atoms with Crippen LogP contribution in [0.5, 0.6) is 0 Å². The molecule has 0 radical (unpaired) electrons. The first-order valence-corrected chi connectivity index (χ1v) is 7.63. The van der Waals surface area contributed by atoms with E-state index < -0.39 is 0 Å². The molecule has 2 heterocycles. The van der Waals surface area contributed by atoms with Crippen LogP contribution in [0.1, 0.15) is 11.1 Å². The summed E-state index contributed by atoms with van der Waals surface area (Å²) in [4.78, 5) is 8.10. The fourth-order valence-corrected chi connectivity index (χ4v) is 3.74. The summed E-state index contributed by atoms with van der Waals surface area (Å²) in [6.45, 7) is 0. The number of rotatable bonds is 0. The van der Waals surface area contributed by atoms with Gasteiger partial charge in [-0.15, -0.1) is 0 Å². The Balaban J connectivity index is 2.07. The molecule has 0 amide bonds. The molecule has 1 aliphatic rings. The molecule has 0 bridgehead atoms. The normalized spacial score (nSPS) is 12.8. The molecule has 0 atom stereocenters. The van der Waals surface area contributed by atoms with Crippen LogP contribution >= 0.6 is 0 Å². The Morgan fingerprint density at radius 2 is 1.81 bits per heavy atom. The molecule has 0 aliphatic heterocycles. The van der Waals surface area contributed by atoms with Crippen LogP contribution in [-0.2, 0) is 18.3 Å². The molecule has 2 nitrogen and oxygen atoms in total. The van der Waals surface area contributed by atoms with Crippen molar-refractivity contribution in [2.24, 2.45) is 0 Å².